The Labute approximate surface area is 111 Å². The third-order valence-corrected chi connectivity index (χ3v) is 3.07. The summed E-state index contributed by atoms with van der Waals surface area (Å²) in [7, 11) is 0. The molecule has 1 heterocycles. The number of aromatic nitrogens is 1. The standard InChI is InChI=1S/C14H13ClN2O/c1-10(17-9-18)11-4-6-12(7-5-11)14-13(15)3-2-8-16-14/h2-10H,1H3,(H,17,18). The van der Waals surface area contributed by atoms with E-state index in [4.69, 9.17) is 11.6 Å². The zero-order valence-electron chi connectivity index (χ0n) is 9.93. The van der Waals surface area contributed by atoms with Crippen LogP contribution in [0.3, 0.4) is 0 Å². The fourth-order valence-electron chi connectivity index (χ4n) is 1.73. The van der Waals surface area contributed by atoms with Crippen LogP contribution < -0.4 is 5.32 Å². The van der Waals surface area contributed by atoms with Gasteiger partial charge in [-0.15, -0.1) is 0 Å². The molecule has 1 amide bonds. The van der Waals surface area contributed by atoms with Gasteiger partial charge in [-0.05, 0) is 24.6 Å². The molecule has 0 fully saturated rings. The smallest absolute Gasteiger partial charge is 0.207 e. The molecular formula is C14H13ClN2O. The van der Waals surface area contributed by atoms with Gasteiger partial charge in [0.1, 0.15) is 0 Å². The summed E-state index contributed by atoms with van der Waals surface area (Å²) in [5, 5.41) is 3.34. The summed E-state index contributed by atoms with van der Waals surface area (Å²) >= 11 is 6.09. The molecule has 1 unspecified atom stereocenters. The van der Waals surface area contributed by atoms with Crippen LogP contribution in [-0.4, -0.2) is 11.4 Å². The maximum atomic E-state index is 10.4. The Morgan fingerprint density at radius 2 is 2.00 bits per heavy atom. The minimum absolute atomic E-state index is 0.00393. The average molecular weight is 261 g/mol. The molecule has 2 aromatic rings. The number of halogens is 1. The Morgan fingerprint density at radius 1 is 1.28 bits per heavy atom. The van der Waals surface area contributed by atoms with Crippen molar-refractivity contribution in [2.75, 3.05) is 0 Å². The van der Waals surface area contributed by atoms with Gasteiger partial charge in [-0.1, -0.05) is 35.9 Å². The summed E-state index contributed by atoms with van der Waals surface area (Å²) in [6.07, 6.45) is 2.42. The number of amides is 1. The van der Waals surface area contributed by atoms with Crippen LogP contribution in [0.15, 0.2) is 42.6 Å². The molecule has 0 aliphatic heterocycles. The molecule has 0 bridgehead atoms. The van der Waals surface area contributed by atoms with Gasteiger partial charge in [0, 0.05) is 11.8 Å². The lowest BCUT2D eigenvalue weighted by atomic mass is 10.0. The van der Waals surface area contributed by atoms with E-state index in [0.717, 1.165) is 16.8 Å². The van der Waals surface area contributed by atoms with Gasteiger partial charge in [-0.2, -0.15) is 0 Å². The van der Waals surface area contributed by atoms with E-state index in [9.17, 15) is 4.79 Å². The minimum Gasteiger partial charge on any atom is -0.352 e. The van der Waals surface area contributed by atoms with Gasteiger partial charge in [0.2, 0.25) is 6.41 Å². The van der Waals surface area contributed by atoms with Crippen molar-refractivity contribution in [1.82, 2.24) is 10.3 Å². The van der Waals surface area contributed by atoms with Gasteiger partial charge < -0.3 is 5.32 Å². The van der Waals surface area contributed by atoms with Crippen molar-refractivity contribution in [2.45, 2.75) is 13.0 Å². The van der Waals surface area contributed by atoms with Crippen molar-refractivity contribution in [1.29, 1.82) is 0 Å². The predicted molar refractivity (Wildman–Crippen MR) is 72.3 cm³/mol. The van der Waals surface area contributed by atoms with E-state index in [0.29, 0.717) is 11.4 Å². The number of nitrogens with one attached hydrogen (secondary N) is 1. The highest BCUT2D eigenvalue weighted by Gasteiger charge is 2.06. The Hall–Kier alpha value is -1.87. The van der Waals surface area contributed by atoms with Crippen LogP contribution in [0.4, 0.5) is 0 Å². The fourth-order valence-corrected chi connectivity index (χ4v) is 1.96. The zero-order valence-corrected chi connectivity index (χ0v) is 10.7. The number of carbonyl (C=O) groups is 1. The van der Waals surface area contributed by atoms with Gasteiger partial charge in [-0.25, -0.2) is 0 Å². The highest BCUT2D eigenvalue weighted by molar-refractivity contribution is 6.33. The van der Waals surface area contributed by atoms with Crippen LogP contribution in [0.1, 0.15) is 18.5 Å². The van der Waals surface area contributed by atoms with Crippen molar-refractivity contribution in [3.8, 4) is 11.3 Å². The number of hydrogen-bond acceptors (Lipinski definition) is 2. The summed E-state index contributed by atoms with van der Waals surface area (Å²) < 4.78 is 0. The van der Waals surface area contributed by atoms with Gasteiger partial charge in [-0.3, -0.25) is 9.78 Å². The number of pyridine rings is 1. The Bertz CT molecular complexity index is 540. The Morgan fingerprint density at radius 3 is 2.61 bits per heavy atom. The van der Waals surface area contributed by atoms with E-state index in [-0.39, 0.29) is 6.04 Å². The molecule has 0 saturated carbocycles. The summed E-state index contributed by atoms with van der Waals surface area (Å²) in [6.45, 7) is 1.93. The summed E-state index contributed by atoms with van der Waals surface area (Å²) in [4.78, 5) is 14.6. The first kappa shape index (κ1) is 12.6. The van der Waals surface area contributed by atoms with Crippen LogP contribution in [0.5, 0.6) is 0 Å². The predicted octanol–water partition coefficient (Wildman–Crippen LogP) is 3.21. The number of rotatable bonds is 4. The number of benzene rings is 1. The molecule has 0 aliphatic carbocycles. The molecule has 1 N–H and O–H groups in total. The molecule has 0 saturated heterocycles. The normalized spacial score (nSPS) is 11.9. The highest BCUT2D eigenvalue weighted by Crippen LogP contribution is 2.26. The van der Waals surface area contributed by atoms with Crippen LogP contribution >= 0.6 is 11.6 Å². The minimum atomic E-state index is -0.00393. The quantitative estimate of drug-likeness (QED) is 0.858. The molecule has 92 valence electrons. The van der Waals surface area contributed by atoms with Crippen LogP contribution in [0.2, 0.25) is 5.02 Å². The second-order valence-electron chi connectivity index (χ2n) is 3.96. The number of hydrogen-bond donors (Lipinski definition) is 1. The first-order valence-corrected chi connectivity index (χ1v) is 6.00. The summed E-state index contributed by atoms with van der Waals surface area (Å²) in [6, 6.07) is 11.4. The molecule has 0 aliphatic rings. The van der Waals surface area contributed by atoms with Gasteiger partial charge in [0.15, 0.2) is 0 Å². The van der Waals surface area contributed by atoms with Gasteiger partial charge in [0.05, 0.1) is 16.8 Å². The molecule has 1 aromatic heterocycles. The lowest BCUT2D eigenvalue weighted by molar-refractivity contribution is -0.110. The lowest BCUT2D eigenvalue weighted by Gasteiger charge is -2.11. The second-order valence-corrected chi connectivity index (χ2v) is 4.37. The van der Waals surface area contributed by atoms with Crippen LogP contribution in [0.25, 0.3) is 11.3 Å². The molecular weight excluding hydrogens is 248 g/mol. The van der Waals surface area contributed by atoms with Gasteiger partial charge in [0.25, 0.3) is 0 Å². The molecule has 4 heteroatoms. The summed E-state index contributed by atoms with van der Waals surface area (Å²) in [5.41, 5.74) is 2.77. The second kappa shape index (κ2) is 5.65. The monoisotopic (exact) mass is 260 g/mol. The number of carbonyl (C=O) groups excluding carboxylic acids is 1. The molecule has 2 rings (SSSR count). The van der Waals surface area contributed by atoms with Crippen molar-refractivity contribution in [3.63, 3.8) is 0 Å². The largest absolute Gasteiger partial charge is 0.352 e. The topological polar surface area (TPSA) is 42.0 Å². The molecule has 0 spiro atoms. The van der Waals surface area contributed by atoms with E-state index in [2.05, 4.69) is 10.3 Å². The van der Waals surface area contributed by atoms with E-state index < -0.39 is 0 Å². The zero-order chi connectivity index (χ0) is 13.0. The van der Waals surface area contributed by atoms with Crippen molar-refractivity contribution in [2.24, 2.45) is 0 Å². The maximum absolute atomic E-state index is 10.4. The average Bonchev–Trinajstić information content (AvgIpc) is 2.40. The van der Waals surface area contributed by atoms with Gasteiger partial charge >= 0.3 is 0 Å². The summed E-state index contributed by atoms with van der Waals surface area (Å²) in [5.74, 6) is 0. The van der Waals surface area contributed by atoms with E-state index >= 15 is 0 Å². The lowest BCUT2D eigenvalue weighted by Crippen LogP contribution is -2.15. The van der Waals surface area contributed by atoms with Crippen molar-refractivity contribution < 1.29 is 4.79 Å². The SMILES string of the molecule is CC(NC=O)c1ccc(-c2ncccc2Cl)cc1. The molecule has 1 aromatic carbocycles. The molecule has 3 nitrogen and oxygen atoms in total. The van der Waals surface area contributed by atoms with E-state index in [1.165, 1.54) is 0 Å². The third kappa shape index (κ3) is 2.68. The first-order valence-electron chi connectivity index (χ1n) is 5.63. The third-order valence-electron chi connectivity index (χ3n) is 2.76. The van der Waals surface area contributed by atoms with E-state index in [1.54, 1.807) is 12.3 Å². The highest BCUT2D eigenvalue weighted by atomic mass is 35.5. The van der Waals surface area contributed by atoms with Crippen LogP contribution in [0, 0.1) is 0 Å². The molecule has 18 heavy (non-hydrogen) atoms. The Balaban J connectivity index is 2.28. The van der Waals surface area contributed by atoms with E-state index in [1.807, 2.05) is 37.3 Å². The molecule has 0 radical (unpaired) electrons. The maximum Gasteiger partial charge on any atom is 0.207 e. The van der Waals surface area contributed by atoms with Crippen molar-refractivity contribution >= 4 is 18.0 Å². The molecule has 1 atom stereocenters. The Kier molecular flexibility index (Phi) is 3.95. The first-order chi connectivity index (χ1) is 8.72. The van der Waals surface area contributed by atoms with Crippen LogP contribution in [-0.2, 0) is 4.79 Å². The van der Waals surface area contributed by atoms with Crippen molar-refractivity contribution in [3.05, 3.63) is 53.2 Å². The fraction of sp³-hybridized carbons (Fsp3) is 0.143. The number of nitrogens with zero attached hydrogens (tertiary/aromatic N) is 1.